The molecule has 4 rings (SSSR count). The number of rotatable bonds is 4. The average molecular weight is 438 g/mol. The molecule has 6 heteroatoms. The van der Waals surface area contributed by atoms with Crippen molar-refractivity contribution in [1.29, 1.82) is 0 Å². The van der Waals surface area contributed by atoms with Gasteiger partial charge in [-0.25, -0.2) is 4.98 Å². The van der Waals surface area contributed by atoms with E-state index < -0.39 is 0 Å². The second-order valence-corrected chi connectivity index (χ2v) is 11.8. The van der Waals surface area contributed by atoms with Crippen LogP contribution in [0.3, 0.4) is 0 Å². The van der Waals surface area contributed by atoms with E-state index in [0.29, 0.717) is 17.5 Å². The molecule has 0 fully saturated rings. The summed E-state index contributed by atoms with van der Waals surface area (Å²) in [6.45, 7) is 13.4. The third kappa shape index (κ3) is 4.60. The van der Waals surface area contributed by atoms with Crippen molar-refractivity contribution in [1.82, 2.24) is 15.2 Å². The molecule has 0 aliphatic heterocycles. The van der Waals surface area contributed by atoms with Crippen molar-refractivity contribution in [2.24, 2.45) is 0 Å². The summed E-state index contributed by atoms with van der Waals surface area (Å²) in [7, 11) is 0. The van der Waals surface area contributed by atoms with Crippen LogP contribution in [0.4, 0.5) is 0 Å². The maximum absolute atomic E-state index is 6.03. The normalized spacial score (nSPS) is 12.6. The largest absolute Gasteiger partial charge is 0.420 e. The molecule has 0 saturated heterocycles. The first-order valence-electron chi connectivity index (χ1n) is 10.1. The van der Waals surface area contributed by atoms with Crippen molar-refractivity contribution >= 4 is 33.3 Å². The summed E-state index contributed by atoms with van der Waals surface area (Å²) in [5.41, 5.74) is 4.64. The van der Waals surface area contributed by atoms with E-state index in [1.54, 1.807) is 23.1 Å². The summed E-state index contributed by atoms with van der Waals surface area (Å²) >= 11 is 3.32. The highest BCUT2D eigenvalue weighted by Crippen LogP contribution is 2.35. The number of benzene rings is 2. The molecule has 2 aromatic carbocycles. The summed E-state index contributed by atoms with van der Waals surface area (Å²) in [5.74, 6) is 1.80. The molecule has 0 aliphatic carbocycles. The van der Waals surface area contributed by atoms with E-state index in [0.717, 1.165) is 15.4 Å². The lowest BCUT2D eigenvalue weighted by atomic mass is 9.79. The van der Waals surface area contributed by atoms with Crippen LogP contribution in [0.5, 0.6) is 0 Å². The van der Waals surface area contributed by atoms with E-state index in [1.165, 1.54) is 15.8 Å². The second-order valence-electron chi connectivity index (χ2n) is 9.54. The highest BCUT2D eigenvalue weighted by atomic mass is 32.2. The Hall–Kier alpha value is -2.18. The first kappa shape index (κ1) is 21.1. The minimum absolute atomic E-state index is 0.0432. The van der Waals surface area contributed by atoms with Crippen molar-refractivity contribution < 1.29 is 4.42 Å². The Bertz CT molecular complexity index is 1110. The Labute approximate surface area is 186 Å². The Morgan fingerprint density at radius 1 is 0.900 bits per heavy atom. The van der Waals surface area contributed by atoms with Crippen LogP contribution in [-0.2, 0) is 16.6 Å². The Kier molecular flexibility index (Phi) is 5.49. The predicted octanol–water partition coefficient (Wildman–Crippen LogP) is 7.23. The summed E-state index contributed by atoms with van der Waals surface area (Å²) in [5, 5.41) is 8.63. The van der Waals surface area contributed by atoms with Crippen molar-refractivity contribution in [3.8, 4) is 11.5 Å². The maximum atomic E-state index is 6.03. The number of fused-ring (bicyclic) bond motifs is 1. The average Bonchev–Trinajstić information content (AvgIpc) is 3.31. The smallest absolute Gasteiger partial charge is 0.247 e. The van der Waals surface area contributed by atoms with Gasteiger partial charge < -0.3 is 4.42 Å². The minimum Gasteiger partial charge on any atom is -0.420 e. The topological polar surface area (TPSA) is 51.8 Å². The van der Waals surface area contributed by atoms with E-state index in [-0.39, 0.29) is 10.8 Å². The standard InChI is InChI=1S/C24H27N3OS2/c1-23(2,3)16-11-15(12-17(13-16)24(4,5)6)21-27-26-20(28-21)14-29-22-25-18-9-7-8-10-19(18)30-22/h7-13H,14H2,1-6H3. The molecule has 156 valence electrons. The van der Waals surface area contributed by atoms with Crippen LogP contribution in [-0.4, -0.2) is 15.2 Å². The molecule has 0 spiro atoms. The third-order valence-corrected chi connectivity index (χ3v) is 7.14. The molecule has 4 nitrogen and oxygen atoms in total. The van der Waals surface area contributed by atoms with Crippen LogP contribution in [0.1, 0.15) is 58.6 Å². The Balaban J connectivity index is 1.58. The van der Waals surface area contributed by atoms with Crippen LogP contribution in [0.15, 0.2) is 51.2 Å². The number of para-hydroxylation sites is 1. The van der Waals surface area contributed by atoms with Crippen molar-refractivity contribution in [3.05, 3.63) is 59.5 Å². The zero-order valence-corrected chi connectivity index (χ0v) is 19.9. The lowest BCUT2D eigenvalue weighted by Gasteiger charge is -2.25. The van der Waals surface area contributed by atoms with Crippen LogP contribution < -0.4 is 0 Å². The molecule has 0 aliphatic rings. The van der Waals surface area contributed by atoms with Gasteiger partial charge in [0, 0.05) is 5.56 Å². The molecule has 0 N–H and O–H groups in total. The van der Waals surface area contributed by atoms with E-state index in [1.807, 2.05) is 18.2 Å². The summed E-state index contributed by atoms with van der Waals surface area (Å²) in [4.78, 5) is 4.66. The van der Waals surface area contributed by atoms with Crippen LogP contribution in [0, 0.1) is 0 Å². The quantitative estimate of drug-likeness (QED) is 0.315. The lowest BCUT2D eigenvalue weighted by Crippen LogP contribution is -2.16. The monoisotopic (exact) mass is 437 g/mol. The molecule has 2 heterocycles. The summed E-state index contributed by atoms with van der Waals surface area (Å²) < 4.78 is 8.24. The van der Waals surface area contributed by atoms with Crippen LogP contribution in [0.25, 0.3) is 21.7 Å². The van der Waals surface area contributed by atoms with Crippen molar-refractivity contribution in [2.75, 3.05) is 0 Å². The molecular weight excluding hydrogens is 410 g/mol. The number of hydrogen-bond acceptors (Lipinski definition) is 6. The van der Waals surface area contributed by atoms with Crippen molar-refractivity contribution in [2.45, 2.75) is 62.5 Å². The minimum atomic E-state index is 0.0432. The Morgan fingerprint density at radius 3 is 2.20 bits per heavy atom. The van der Waals surface area contributed by atoms with Crippen molar-refractivity contribution in [3.63, 3.8) is 0 Å². The highest BCUT2D eigenvalue weighted by Gasteiger charge is 2.22. The van der Waals surface area contributed by atoms with Gasteiger partial charge in [0.15, 0.2) is 4.34 Å². The van der Waals surface area contributed by atoms with Gasteiger partial charge in [-0.2, -0.15) is 0 Å². The van der Waals surface area contributed by atoms with Gasteiger partial charge in [0.25, 0.3) is 0 Å². The van der Waals surface area contributed by atoms with Gasteiger partial charge >= 0.3 is 0 Å². The molecule has 0 bridgehead atoms. The number of hydrogen-bond donors (Lipinski definition) is 0. The van der Waals surface area contributed by atoms with Crippen LogP contribution in [0.2, 0.25) is 0 Å². The highest BCUT2D eigenvalue weighted by molar-refractivity contribution is 8.00. The molecule has 0 unspecified atom stereocenters. The number of aromatic nitrogens is 3. The number of thioether (sulfide) groups is 1. The van der Waals surface area contributed by atoms with Gasteiger partial charge in [-0.05, 0) is 46.2 Å². The molecule has 0 amide bonds. The van der Waals surface area contributed by atoms with Gasteiger partial charge in [-0.3, -0.25) is 0 Å². The van der Waals surface area contributed by atoms with Crippen LogP contribution >= 0.6 is 23.1 Å². The first-order valence-corrected chi connectivity index (χ1v) is 11.9. The van der Waals surface area contributed by atoms with E-state index in [4.69, 9.17) is 4.42 Å². The fourth-order valence-electron chi connectivity index (χ4n) is 3.08. The summed E-state index contributed by atoms with van der Waals surface area (Å²) in [6, 6.07) is 14.8. The second kappa shape index (κ2) is 7.82. The third-order valence-electron chi connectivity index (χ3n) is 4.97. The zero-order chi connectivity index (χ0) is 21.5. The van der Waals surface area contributed by atoms with Gasteiger partial charge in [-0.1, -0.05) is 71.5 Å². The lowest BCUT2D eigenvalue weighted by molar-refractivity contribution is 0.527. The molecule has 2 aromatic heterocycles. The van der Waals surface area contributed by atoms with Gasteiger partial charge in [-0.15, -0.1) is 21.5 Å². The molecule has 0 saturated carbocycles. The van der Waals surface area contributed by atoms with Gasteiger partial charge in [0.1, 0.15) is 0 Å². The molecule has 0 radical (unpaired) electrons. The van der Waals surface area contributed by atoms with E-state index in [9.17, 15) is 0 Å². The summed E-state index contributed by atoms with van der Waals surface area (Å²) in [6.07, 6.45) is 0. The van der Waals surface area contributed by atoms with E-state index >= 15 is 0 Å². The molecule has 30 heavy (non-hydrogen) atoms. The molecule has 4 aromatic rings. The number of thiazole rings is 1. The fourth-order valence-corrected chi connectivity index (χ4v) is 4.99. The maximum Gasteiger partial charge on any atom is 0.247 e. The zero-order valence-electron chi connectivity index (χ0n) is 18.3. The van der Waals surface area contributed by atoms with Gasteiger partial charge in [0.05, 0.1) is 16.0 Å². The molecular formula is C24H27N3OS2. The predicted molar refractivity (Wildman–Crippen MR) is 126 cm³/mol. The van der Waals surface area contributed by atoms with Gasteiger partial charge in [0.2, 0.25) is 11.8 Å². The fraction of sp³-hybridized carbons (Fsp3) is 0.375. The SMILES string of the molecule is CC(C)(C)c1cc(-c2nnc(CSc3nc4ccccc4s3)o2)cc(C(C)(C)C)c1. The number of nitrogens with zero attached hydrogens (tertiary/aromatic N) is 3. The first-order chi connectivity index (χ1) is 14.1. The Morgan fingerprint density at radius 2 is 1.57 bits per heavy atom. The van der Waals surface area contributed by atoms with E-state index in [2.05, 4.69) is 81.0 Å². The molecule has 0 atom stereocenters.